The van der Waals surface area contributed by atoms with Crippen LogP contribution in [0, 0.1) is 0 Å². The Balaban J connectivity index is 1.58. The number of nitrogens with zero attached hydrogens (tertiary/aromatic N) is 3. The first-order chi connectivity index (χ1) is 11.9. The molecule has 134 valence electrons. The van der Waals surface area contributed by atoms with E-state index in [-0.39, 0.29) is 12.1 Å². The van der Waals surface area contributed by atoms with E-state index in [9.17, 15) is 4.79 Å². The second-order valence-electron chi connectivity index (χ2n) is 7.41. The quantitative estimate of drug-likeness (QED) is 0.924. The summed E-state index contributed by atoms with van der Waals surface area (Å²) in [6, 6.07) is 10.3. The molecule has 1 aromatic carbocycles. The van der Waals surface area contributed by atoms with Gasteiger partial charge in [0, 0.05) is 37.2 Å². The third-order valence-electron chi connectivity index (χ3n) is 4.08. The molecule has 0 radical (unpaired) electrons. The highest BCUT2D eigenvalue weighted by atomic mass is 16.6. The Labute approximate surface area is 148 Å². The lowest BCUT2D eigenvalue weighted by molar-refractivity contribution is 0.0206. The molecule has 0 spiro atoms. The number of carbonyl (C=O) groups is 1. The number of anilines is 1. The Kier molecular flexibility index (Phi) is 4.97. The van der Waals surface area contributed by atoms with Crippen LogP contribution in [0.15, 0.2) is 42.7 Å². The molecule has 1 aromatic heterocycles. The van der Waals surface area contributed by atoms with E-state index in [2.05, 4.69) is 10.4 Å². The zero-order chi connectivity index (χ0) is 17.9. The Hall–Kier alpha value is -2.50. The molecule has 1 fully saturated rings. The predicted molar refractivity (Wildman–Crippen MR) is 98.0 cm³/mol. The Morgan fingerprint density at radius 3 is 2.68 bits per heavy atom. The first-order valence-electron chi connectivity index (χ1n) is 8.75. The maximum Gasteiger partial charge on any atom is 0.410 e. The van der Waals surface area contributed by atoms with Crippen molar-refractivity contribution in [3.63, 3.8) is 0 Å². The van der Waals surface area contributed by atoms with Crippen LogP contribution in [0.5, 0.6) is 0 Å². The van der Waals surface area contributed by atoms with Gasteiger partial charge in [0.15, 0.2) is 0 Å². The van der Waals surface area contributed by atoms with Crippen LogP contribution in [0.4, 0.5) is 10.5 Å². The van der Waals surface area contributed by atoms with Gasteiger partial charge in [-0.2, -0.15) is 5.10 Å². The van der Waals surface area contributed by atoms with Gasteiger partial charge in [0.2, 0.25) is 0 Å². The number of likely N-dealkylation sites (tertiary alicyclic amines) is 1. The number of rotatable bonds is 3. The molecule has 1 saturated heterocycles. The number of carbonyl (C=O) groups excluding carboxylic acids is 1. The van der Waals surface area contributed by atoms with Crippen LogP contribution in [-0.2, 0) is 4.74 Å². The minimum atomic E-state index is -0.459. The van der Waals surface area contributed by atoms with E-state index >= 15 is 0 Å². The first kappa shape index (κ1) is 17.3. The summed E-state index contributed by atoms with van der Waals surface area (Å²) in [4.78, 5) is 14.1. The van der Waals surface area contributed by atoms with Crippen molar-refractivity contribution in [1.82, 2.24) is 14.7 Å². The third kappa shape index (κ3) is 4.75. The molecule has 25 heavy (non-hydrogen) atoms. The number of benzene rings is 1. The van der Waals surface area contributed by atoms with E-state index in [0.717, 1.165) is 30.8 Å². The molecular formula is C19H26N4O2. The van der Waals surface area contributed by atoms with Crippen molar-refractivity contribution in [2.75, 3.05) is 18.4 Å². The number of hydrogen-bond acceptors (Lipinski definition) is 4. The molecule has 6 heteroatoms. The second kappa shape index (κ2) is 7.17. The molecule has 1 unspecified atom stereocenters. The average molecular weight is 342 g/mol. The summed E-state index contributed by atoms with van der Waals surface area (Å²) in [5, 5.41) is 7.75. The van der Waals surface area contributed by atoms with Crippen LogP contribution in [0.1, 0.15) is 33.6 Å². The molecule has 1 aliphatic heterocycles. The molecule has 1 amide bonds. The van der Waals surface area contributed by atoms with Crippen molar-refractivity contribution >= 4 is 11.8 Å². The maximum atomic E-state index is 12.3. The number of nitrogens with one attached hydrogen (secondary N) is 1. The van der Waals surface area contributed by atoms with Crippen LogP contribution in [0.25, 0.3) is 5.69 Å². The molecule has 1 atom stereocenters. The monoisotopic (exact) mass is 342 g/mol. The second-order valence-corrected chi connectivity index (χ2v) is 7.41. The lowest BCUT2D eigenvalue weighted by atomic mass is 10.1. The summed E-state index contributed by atoms with van der Waals surface area (Å²) in [6.07, 6.45) is 5.47. The van der Waals surface area contributed by atoms with Crippen molar-refractivity contribution < 1.29 is 9.53 Å². The molecule has 3 rings (SSSR count). The third-order valence-corrected chi connectivity index (χ3v) is 4.08. The van der Waals surface area contributed by atoms with Crippen LogP contribution in [-0.4, -0.2) is 45.5 Å². The Morgan fingerprint density at radius 1 is 1.28 bits per heavy atom. The number of amides is 1. The van der Waals surface area contributed by atoms with Crippen LogP contribution in [0.2, 0.25) is 0 Å². The minimum Gasteiger partial charge on any atom is -0.444 e. The number of piperidine rings is 1. The molecule has 0 saturated carbocycles. The lowest BCUT2D eigenvalue weighted by Crippen LogP contribution is -2.46. The van der Waals surface area contributed by atoms with Crippen LogP contribution >= 0.6 is 0 Å². The van der Waals surface area contributed by atoms with Gasteiger partial charge in [-0.3, -0.25) is 0 Å². The summed E-state index contributed by atoms with van der Waals surface area (Å²) in [5.41, 5.74) is 1.61. The van der Waals surface area contributed by atoms with E-state index in [1.807, 2.05) is 62.0 Å². The fourth-order valence-corrected chi connectivity index (χ4v) is 2.95. The fraction of sp³-hybridized carbons (Fsp3) is 0.474. The zero-order valence-corrected chi connectivity index (χ0v) is 15.1. The van der Waals surface area contributed by atoms with Gasteiger partial charge in [-0.1, -0.05) is 0 Å². The molecule has 1 aliphatic rings. The van der Waals surface area contributed by atoms with Gasteiger partial charge < -0.3 is 15.0 Å². The zero-order valence-electron chi connectivity index (χ0n) is 15.1. The van der Waals surface area contributed by atoms with Gasteiger partial charge in [0.25, 0.3) is 0 Å². The summed E-state index contributed by atoms with van der Waals surface area (Å²) < 4.78 is 7.31. The Bertz CT molecular complexity index is 689. The highest BCUT2D eigenvalue weighted by Gasteiger charge is 2.27. The summed E-state index contributed by atoms with van der Waals surface area (Å²) in [5.74, 6) is 0. The largest absolute Gasteiger partial charge is 0.444 e. The van der Waals surface area contributed by atoms with E-state index in [1.54, 1.807) is 11.1 Å². The predicted octanol–water partition coefficient (Wildman–Crippen LogP) is 3.68. The van der Waals surface area contributed by atoms with Crippen molar-refractivity contribution in [3.05, 3.63) is 42.7 Å². The minimum absolute atomic E-state index is 0.229. The van der Waals surface area contributed by atoms with E-state index in [1.165, 1.54) is 0 Å². The molecule has 0 aliphatic carbocycles. The fourth-order valence-electron chi connectivity index (χ4n) is 2.95. The smallest absolute Gasteiger partial charge is 0.410 e. The van der Waals surface area contributed by atoms with Gasteiger partial charge in [-0.25, -0.2) is 9.48 Å². The van der Waals surface area contributed by atoms with Gasteiger partial charge >= 0.3 is 6.09 Å². The van der Waals surface area contributed by atoms with Crippen molar-refractivity contribution in [3.8, 4) is 5.69 Å². The highest BCUT2D eigenvalue weighted by molar-refractivity contribution is 5.68. The summed E-state index contributed by atoms with van der Waals surface area (Å²) in [7, 11) is 0. The highest BCUT2D eigenvalue weighted by Crippen LogP contribution is 2.19. The molecule has 1 N–H and O–H groups in total. The van der Waals surface area contributed by atoms with E-state index < -0.39 is 5.60 Å². The topological polar surface area (TPSA) is 59.4 Å². The van der Waals surface area contributed by atoms with Gasteiger partial charge in [0.05, 0.1) is 5.69 Å². The van der Waals surface area contributed by atoms with Gasteiger partial charge in [-0.05, 0) is 63.9 Å². The van der Waals surface area contributed by atoms with Gasteiger partial charge in [0.1, 0.15) is 5.60 Å². The molecule has 6 nitrogen and oxygen atoms in total. The normalized spacial score (nSPS) is 18.0. The Morgan fingerprint density at radius 2 is 2.04 bits per heavy atom. The standard InChI is InChI=1S/C19H26N4O2/c1-19(2,3)25-18(24)22-12-4-6-16(14-22)21-15-7-9-17(10-8-15)23-13-5-11-20-23/h5,7-11,13,16,21H,4,6,12,14H2,1-3H3. The van der Waals surface area contributed by atoms with Crippen molar-refractivity contribution in [2.45, 2.75) is 45.3 Å². The average Bonchev–Trinajstić information content (AvgIpc) is 3.09. The van der Waals surface area contributed by atoms with Crippen LogP contribution in [0.3, 0.4) is 0 Å². The lowest BCUT2D eigenvalue weighted by Gasteiger charge is -2.34. The summed E-state index contributed by atoms with van der Waals surface area (Å²) in [6.45, 7) is 7.10. The molecule has 0 bridgehead atoms. The van der Waals surface area contributed by atoms with E-state index in [0.29, 0.717) is 6.54 Å². The number of ether oxygens (including phenoxy) is 1. The number of hydrogen-bond donors (Lipinski definition) is 1. The van der Waals surface area contributed by atoms with Crippen molar-refractivity contribution in [2.24, 2.45) is 0 Å². The SMILES string of the molecule is CC(C)(C)OC(=O)N1CCCC(Nc2ccc(-n3cccn3)cc2)C1. The molecule has 2 aromatic rings. The van der Waals surface area contributed by atoms with Crippen LogP contribution < -0.4 is 5.32 Å². The molecular weight excluding hydrogens is 316 g/mol. The summed E-state index contributed by atoms with van der Waals surface area (Å²) >= 11 is 0. The van der Waals surface area contributed by atoms with E-state index in [4.69, 9.17) is 4.74 Å². The van der Waals surface area contributed by atoms with Gasteiger partial charge in [-0.15, -0.1) is 0 Å². The first-order valence-corrected chi connectivity index (χ1v) is 8.75. The molecule has 2 heterocycles. The van der Waals surface area contributed by atoms with Crippen molar-refractivity contribution in [1.29, 1.82) is 0 Å². The maximum absolute atomic E-state index is 12.3. The number of aromatic nitrogens is 2.